The van der Waals surface area contributed by atoms with Crippen LogP contribution in [0.25, 0.3) is 11.0 Å². The molecule has 3 aromatic carbocycles. The largest absolute Gasteiger partial charge is 0.492 e. The average Bonchev–Trinajstić information content (AvgIpc) is 3.14. The van der Waals surface area contributed by atoms with Gasteiger partial charge in [-0.1, -0.05) is 18.2 Å². The first-order chi connectivity index (χ1) is 16.0. The van der Waals surface area contributed by atoms with Crippen molar-refractivity contribution in [2.24, 2.45) is 0 Å². The monoisotopic (exact) mass is 445 g/mol. The number of carbonyl (C=O) groups is 1. The average molecular weight is 446 g/mol. The number of aromatic nitrogens is 2. The third-order valence-electron chi connectivity index (χ3n) is 5.48. The molecule has 0 spiro atoms. The van der Waals surface area contributed by atoms with Crippen molar-refractivity contribution in [1.29, 1.82) is 0 Å². The molecule has 1 aromatic heterocycles. The van der Waals surface area contributed by atoms with E-state index < -0.39 is 0 Å². The van der Waals surface area contributed by atoms with Crippen molar-refractivity contribution in [1.82, 2.24) is 14.9 Å². The van der Waals surface area contributed by atoms with Gasteiger partial charge in [0.2, 0.25) is 0 Å². The van der Waals surface area contributed by atoms with E-state index >= 15 is 0 Å². The molecule has 0 saturated heterocycles. The van der Waals surface area contributed by atoms with Crippen LogP contribution >= 0.6 is 0 Å². The van der Waals surface area contributed by atoms with Gasteiger partial charge < -0.3 is 14.6 Å². The molecule has 0 saturated carbocycles. The number of nitrogens with zero attached hydrogens (tertiary/aromatic N) is 2. The van der Waals surface area contributed by atoms with Crippen LogP contribution in [0.5, 0.6) is 5.75 Å². The summed E-state index contributed by atoms with van der Waals surface area (Å²) in [6, 6.07) is 19.8. The Morgan fingerprint density at radius 2 is 1.76 bits per heavy atom. The standard InChI is InChI=1S/C27H28FN3O2/c1-19-16-20(2)18-23(17-19)33-15-14-31-25-7-4-3-6-24(25)30-26(31)8-5-13-29-27(32)21-9-11-22(28)12-10-21/h3-4,6-7,9-12,16-18H,5,8,13-15H2,1-2H3,(H,29,32). The van der Waals surface area contributed by atoms with Gasteiger partial charge >= 0.3 is 0 Å². The van der Waals surface area contributed by atoms with E-state index in [0.717, 1.165) is 35.4 Å². The highest BCUT2D eigenvalue weighted by atomic mass is 19.1. The van der Waals surface area contributed by atoms with Crippen molar-refractivity contribution in [2.75, 3.05) is 13.2 Å². The highest BCUT2D eigenvalue weighted by Gasteiger charge is 2.11. The normalized spacial score (nSPS) is 11.0. The highest BCUT2D eigenvalue weighted by molar-refractivity contribution is 5.94. The SMILES string of the molecule is Cc1cc(C)cc(OCCn2c(CCCNC(=O)c3ccc(F)cc3)nc3ccccc32)c1. The summed E-state index contributed by atoms with van der Waals surface area (Å²) >= 11 is 0. The summed E-state index contributed by atoms with van der Waals surface area (Å²) in [6.45, 7) is 5.87. The Morgan fingerprint density at radius 3 is 2.52 bits per heavy atom. The summed E-state index contributed by atoms with van der Waals surface area (Å²) in [4.78, 5) is 17.0. The minimum absolute atomic E-state index is 0.203. The van der Waals surface area contributed by atoms with E-state index in [2.05, 4.69) is 35.9 Å². The molecule has 5 nitrogen and oxygen atoms in total. The summed E-state index contributed by atoms with van der Waals surface area (Å²) in [7, 11) is 0. The van der Waals surface area contributed by atoms with Gasteiger partial charge in [0.1, 0.15) is 24.0 Å². The first-order valence-corrected chi connectivity index (χ1v) is 11.2. The summed E-state index contributed by atoms with van der Waals surface area (Å²) in [5.41, 5.74) is 4.84. The van der Waals surface area contributed by atoms with E-state index in [9.17, 15) is 9.18 Å². The fourth-order valence-corrected chi connectivity index (χ4v) is 3.99. The molecule has 0 aliphatic carbocycles. The second kappa shape index (κ2) is 10.3. The maximum absolute atomic E-state index is 13.0. The minimum Gasteiger partial charge on any atom is -0.492 e. The lowest BCUT2D eigenvalue weighted by atomic mass is 10.1. The summed E-state index contributed by atoms with van der Waals surface area (Å²) in [6.07, 6.45) is 1.47. The zero-order valence-electron chi connectivity index (χ0n) is 19.0. The lowest BCUT2D eigenvalue weighted by Crippen LogP contribution is -2.25. The van der Waals surface area contributed by atoms with Gasteiger partial charge in [-0.05, 0) is 79.9 Å². The van der Waals surface area contributed by atoms with Crippen molar-refractivity contribution < 1.29 is 13.9 Å². The lowest BCUT2D eigenvalue weighted by Gasteiger charge is -2.12. The first-order valence-electron chi connectivity index (χ1n) is 11.2. The van der Waals surface area contributed by atoms with Crippen LogP contribution in [0.4, 0.5) is 4.39 Å². The van der Waals surface area contributed by atoms with E-state index in [0.29, 0.717) is 25.3 Å². The van der Waals surface area contributed by atoms with Crippen molar-refractivity contribution in [3.05, 3.63) is 95.1 Å². The zero-order valence-corrected chi connectivity index (χ0v) is 19.0. The Bertz CT molecular complexity index is 1230. The summed E-state index contributed by atoms with van der Waals surface area (Å²) in [5, 5.41) is 2.89. The molecule has 1 amide bonds. The van der Waals surface area contributed by atoms with Gasteiger partial charge in [0.05, 0.1) is 17.6 Å². The number of amides is 1. The van der Waals surface area contributed by atoms with E-state index in [1.165, 1.54) is 35.4 Å². The molecule has 0 radical (unpaired) electrons. The molecule has 0 atom stereocenters. The Hall–Kier alpha value is -3.67. The van der Waals surface area contributed by atoms with Gasteiger partial charge in [-0.2, -0.15) is 0 Å². The number of halogens is 1. The highest BCUT2D eigenvalue weighted by Crippen LogP contribution is 2.19. The molecule has 0 aliphatic heterocycles. The number of fused-ring (bicyclic) bond motifs is 1. The molecule has 0 bridgehead atoms. The fourth-order valence-electron chi connectivity index (χ4n) is 3.99. The number of imidazole rings is 1. The second-order valence-corrected chi connectivity index (χ2v) is 8.21. The van der Waals surface area contributed by atoms with E-state index in [4.69, 9.17) is 9.72 Å². The van der Waals surface area contributed by atoms with Crippen molar-refractivity contribution in [3.63, 3.8) is 0 Å². The van der Waals surface area contributed by atoms with Crippen LogP contribution in [0.2, 0.25) is 0 Å². The molecule has 1 N–H and O–H groups in total. The molecule has 4 rings (SSSR count). The quantitative estimate of drug-likeness (QED) is 0.359. The van der Waals surface area contributed by atoms with Crippen molar-refractivity contribution in [2.45, 2.75) is 33.2 Å². The Morgan fingerprint density at radius 1 is 1.03 bits per heavy atom. The molecule has 6 heteroatoms. The smallest absolute Gasteiger partial charge is 0.251 e. The van der Waals surface area contributed by atoms with Crippen LogP contribution in [-0.4, -0.2) is 28.6 Å². The Kier molecular flexibility index (Phi) is 7.03. The van der Waals surface area contributed by atoms with Gasteiger partial charge in [-0.25, -0.2) is 9.37 Å². The van der Waals surface area contributed by atoms with Crippen LogP contribution in [0.3, 0.4) is 0 Å². The predicted octanol–water partition coefficient (Wildman–Crippen LogP) is 5.23. The molecule has 0 aliphatic rings. The summed E-state index contributed by atoms with van der Waals surface area (Å²) < 4.78 is 21.3. The molecule has 0 unspecified atom stereocenters. The first kappa shape index (κ1) is 22.5. The molecular formula is C27H28FN3O2. The second-order valence-electron chi connectivity index (χ2n) is 8.21. The van der Waals surface area contributed by atoms with Crippen molar-refractivity contribution >= 4 is 16.9 Å². The number of aryl methyl sites for hydroxylation is 3. The van der Waals surface area contributed by atoms with E-state index in [-0.39, 0.29) is 11.7 Å². The number of para-hydroxylation sites is 2. The van der Waals surface area contributed by atoms with Gasteiger partial charge in [-0.15, -0.1) is 0 Å². The lowest BCUT2D eigenvalue weighted by molar-refractivity contribution is 0.0953. The minimum atomic E-state index is -0.355. The number of nitrogens with one attached hydrogen (secondary N) is 1. The third kappa shape index (κ3) is 5.77. The number of ether oxygens (including phenoxy) is 1. The summed E-state index contributed by atoms with van der Waals surface area (Å²) in [5.74, 6) is 1.29. The van der Waals surface area contributed by atoms with Crippen LogP contribution in [0, 0.1) is 19.7 Å². The zero-order chi connectivity index (χ0) is 23.2. The van der Waals surface area contributed by atoms with Crippen LogP contribution in [-0.2, 0) is 13.0 Å². The van der Waals surface area contributed by atoms with E-state index in [1.807, 2.05) is 30.3 Å². The van der Waals surface area contributed by atoms with Crippen LogP contribution < -0.4 is 10.1 Å². The number of benzene rings is 3. The van der Waals surface area contributed by atoms with Crippen molar-refractivity contribution in [3.8, 4) is 5.75 Å². The number of rotatable bonds is 9. The molecule has 170 valence electrons. The number of hydrogen-bond acceptors (Lipinski definition) is 3. The van der Waals surface area contributed by atoms with Gasteiger partial charge in [0, 0.05) is 18.5 Å². The molecule has 0 fully saturated rings. The third-order valence-corrected chi connectivity index (χ3v) is 5.48. The number of carbonyl (C=O) groups excluding carboxylic acids is 1. The maximum Gasteiger partial charge on any atom is 0.251 e. The molecule has 1 heterocycles. The fraction of sp³-hybridized carbons (Fsp3) is 0.259. The molecular weight excluding hydrogens is 417 g/mol. The number of hydrogen-bond donors (Lipinski definition) is 1. The van der Waals surface area contributed by atoms with Crippen LogP contribution in [0.1, 0.15) is 33.7 Å². The Balaban J connectivity index is 1.37. The predicted molar refractivity (Wildman–Crippen MR) is 128 cm³/mol. The van der Waals surface area contributed by atoms with Crippen LogP contribution in [0.15, 0.2) is 66.7 Å². The van der Waals surface area contributed by atoms with E-state index in [1.54, 1.807) is 0 Å². The van der Waals surface area contributed by atoms with Gasteiger partial charge in [0.15, 0.2) is 0 Å². The van der Waals surface area contributed by atoms with Gasteiger partial charge in [0.25, 0.3) is 5.91 Å². The maximum atomic E-state index is 13.0. The topological polar surface area (TPSA) is 56.1 Å². The Labute approximate surface area is 193 Å². The molecule has 33 heavy (non-hydrogen) atoms. The molecule has 4 aromatic rings. The van der Waals surface area contributed by atoms with Gasteiger partial charge in [-0.3, -0.25) is 4.79 Å².